The Bertz CT molecular complexity index is 5420. The fraction of sp³-hybridized carbons (Fsp3) is 0.333. The lowest BCUT2D eigenvalue weighted by atomic mass is 9.78. The number of carbonyl (C=O) groups excluding carboxylic acids is 3. The Labute approximate surface area is 731 Å². The molecule has 3 amide bonds. The van der Waals surface area contributed by atoms with E-state index in [4.69, 9.17) is 55.9 Å². The number of nitriles is 3. The van der Waals surface area contributed by atoms with Crippen LogP contribution in [0, 0.1) is 51.6 Å². The monoisotopic (exact) mass is 1720 g/mol. The fourth-order valence-corrected chi connectivity index (χ4v) is 17.4. The molecule has 3 heterocycles. The van der Waals surface area contributed by atoms with Gasteiger partial charge in [0.05, 0.1) is 67.2 Å². The van der Waals surface area contributed by atoms with Gasteiger partial charge in [0.2, 0.25) is 17.7 Å². The summed E-state index contributed by atoms with van der Waals surface area (Å²) in [6.45, 7) is 14.2. The third kappa shape index (κ3) is 23.9. The number of alkyl halides is 3. The SMILES string of the molecule is CC(C)(NC1(c2ccc(-c3cccc(C#N)c3)cc2)CCN(CC2CC2)CC1)C(=O)Nc1ccc(F)c(Cl)c1.CC(CCN1CCC(OCC(=O)Nc2cc(Cl)cc(Cl)c2)(c2ccc(-c3cccc(C#N)c3)cc2)CC1)c1ccccc1.N#Cc1cccc(-c2ccc(C3(OCC(=O)Nc4ccc(Cl)c(C(F)(F)F)c4)CCN(CC4CC4)CC3)cc2)c1. The average Bonchev–Trinajstić information content (AvgIpc) is 1.44. The molecule has 2 saturated carbocycles. The van der Waals surface area contributed by atoms with Crippen LogP contribution in [-0.2, 0) is 46.8 Å². The van der Waals surface area contributed by atoms with Gasteiger partial charge in [0.1, 0.15) is 19.0 Å². The molecular weight excluding hydrogens is 1630 g/mol. The number of carbonyl (C=O) groups is 3. The first kappa shape index (κ1) is 89.5. The molecule has 15 rings (SSSR count). The van der Waals surface area contributed by atoms with E-state index in [9.17, 15) is 47.7 Å². The molecule has 0 radical (unpaired) electrons. The van der Waals surface area contributed by atoms with Gasteiger partial charge in [-0.25, -0.2) is 4.39 Å². The van der Waals surface area contributed by atoms with Crippen LogP contribution in [0.5, 0.6) is 0 Å². The summed E-state index contributed by atoms with van der Waals surface area (Å²) >= 11 is 23.9. The maximum atomic E-state index is 13.6. The normalized spacial score (nSPS) is 16.7. The van der Waals surface area contributed by atoms with E-state index in [2.05, 4.69) is 140 Å². The van der Waals surface area contributed by atoms with Crippen LogP contribution < -0.4 is 21.3 Å². The lowest BCUT2D eigenvalue weighted by Crippen LogP contribution is -2.61. The highest BCUT2D eigenvalue weighted by atomic mass is 35.5. The highest BCUT2D eigenvalue weighted by Crippen LogP contribution is 2.44. The molecule has 0 spiro atoms. The van der Waals surface area contributed by atoms with Crippen molar-refractivity contribution in [1.82, 2.24) is 20.0 Å². The smallest absolute Gasteiger partial charge is 0.360 e. The molecule has 15 nitrogen and oxygen atoms in total. The van der Waals surface area contributed by atoms with Crippen molar-refractivity contribution in [3.63, 3.8) is 0 Å². The van der Waals surface area contributed by atoms with Crippen molar-refractivity contribution in [1.29, 1.82) is 15.8 Å². The van der Waals surface area contributed by atoms with Gasteiger partial charge in [-0.05, 0) is 255 Å². The molecule has 0 aromatic heterocycles. The highest BCUT2D eigenvalue weighted by Gasteiger charge is 2.45. The van der Waals surface area contributed by atoms with Crippen LogP contribution in [0.1, 0.15) is 142 Å². The summed E-state index contributed by atoms with van der Waals surface area (Å²) in [6.07, 6.45) is 6.33. The molecule has 1 unspecified atom stereocenters. The number of anilines is 3. The van der Waals surface area contributed by atoms with Crippen LogP contribution >= 0.6 is 46.4 Å². The summed E-state index contributed by atoms with van der Waals surface area (Å²) in [6, 6.07) is 77.0. The molecule has 10 aromatic rings. The van der Waals surface area contributed by atoms with Crippen LogP contribution in [0.25, 0.3) is 33.4 Å². The number of benzene rings is 10. The van der Waals surface area contributed by atoms with Crippen molar-refractivity contribution in [3.8, 4) is 51.6 Å². The molecule has 630 valence electrons. The first-order valence-electron chi connectivity index (χ1n) is 41.5. The molecule has 1 atom stereocenters. The van der Waals surface area contributed by atoms with Crippen LogP contribution in [0.2, 0.25) is 20.1 Å². The summed E-state index contributed by atoms with van der Waals surface area (Å²) in [4.78, 5) is 46.7. The van der Waals surface area contributed by atoms with Gasteiger partial charge in [-0.3, -0.25) is 19.7 Å². The molecule has 0 bridgehead atoms. The van der Waals surface area contributed by atoms with Gasteiger partial charge in [-0.1, -0.05) is 193 Å². The minimum atomic E-state index is -4.63. The number of rotatable bonds is 26. The summed E-state index contributed by atoms with van der Waals surface area (Å²) in [7, 11) is 0. The van der Waals surface area contributed by atoms with Crippen molar-refractivity contribution < 1.29 is 41.4 Å². The second-order valence-electron chi connectivity index (χ2n) is 33.2. The van der Waals surface area contributed by atoms with E-state index in [0.29, 0.717) is 56.9 Å². The van der Waals surface area contributed by atoms with E-state index in [1.807, 2.05) is 92.7 Å². The first-order chi connectivity index (χ1) is 58.6. The van der Waals surface area contributed by atoms with E-state index in [0.717, 1.165) is 165 Å². The Kier molecular flexibility index (Phi) is 29.6. The quantitative estimate of drug-likeness (QED) is 0.0375. The second kappa shape index (κ2) is 40.4. The molecule has 5 fully saturated rings. The summed E-state index contributed by atoms with van der Waals surface area (Å²) < 4.78 is 66.2. The summed E-state index contributed by atoms with van der Waals surface area (Å²) in [5.41, 5.74) is 9.65. The molecule has 5 aliphatic rings. The maximum Gasteiger partial charge on any atom is 0.417 e. The number of nitrogens with one attached hydrogen (secondary N) is 4. The van der Waals surface area contributed by atoms with Crippen LogP contribution in [0.4, 0.5) is 34.6 Å². The number of amides is 3. The highest BCUT2D eigenvalue weighted by molar-refractivity contribution is 6.35. The van der Waals surface area contributed by atoms with Crippen molar-refractivity contribution in [2.24, 2.45) is 11.8 Å². The van der Waals surface area contributed by atoms with Gasteiger partial charge in [-0.15, -0.1) is 0 Å². The Hall–Kier alpha value is -10.3. The molecule has 3 aliphatic heterocycles. The third-order valence-electron chi connectivity index (χ3n) is 23.9. The Balaban J connectivity index is 0.000000158. The zero-order valence-corrected chi connectivity index (χ0v) is 71.5. The minimum Gasteiger partial charge on any atom is -0.360 e. The van der Waals surface area contributed by atoms with Gasteiger partial charge in [0, 0.05) is 85.0 Å². The average molecular weight is 1730 g/mol. The number of ether oxygens (including phenoxy) is 2. The lowest BCUT2D eigenvalue weighted by Gasteiger charge is -2.47. The second-order valence-corrected chi connectivity index (χ2v) is 34.9. The van der Waals surface area contributed by atoms with Gasteiger partial charge < -0.3 is 40.1 Å². The van der Waals surface area contributed by atoms with Crippen molar-refractivity contribution in [3.05, 3.63) is 301 Å². The molecule has 122 heavy (non-hydrogen) atoms. The van der Waals surface area contributed by atoms with Gasteiger partial charge in [0.25, 0.3) is 0 Å². The summed E-state index contributed by atoms with van der Waals surface area (Å²) in [5, 5.41) is 40.3. The molecule has 3 saturated heterocycles. The van der Waals surface area contributed by atoms with Gasteiger partial charge in [0.15, 0.2) is 0 Å². The number of hydrogen-bond donors (Lipinski definition) is 4. The zero-order chi connectivity index (χ0) is 86.2. The minimum absolute atomic E-state index is 0.00239. The first-order valence-corrected chi connectivity index (χ1v) is 43.0. The lowest BCUT2D eigenvalue weighted by molar-refractivity contribution is -0.137. The van der Waals surface area contributed by atoms with E-state index < -0.39 is 50.8 Å². The number of nitrogens with zero attached hydrogens (tertiary/aromatic N) is 6. The molecular formula is C99H98Cl4F4N10O5. The topological polar surface area (TPSA) is 199 Å². The Morgan fingerprint density at radius 1 is 0.467 bits per heavy atom. The van der Waals surface area contributed by atoms with Crippen molar-refractivity contribution in [2.75, 3.05) is 88.1 Å². The Morgan fingerprint density at radius 2 is 0.893 bits per heavy atom. The zero-order valence-electron chi connectivity index (χ0n) is 68.5. The van der Waals surface area contributed by atoms with E-state index >= 15 is 0 Å². The van der Waals surface area contributed by atoms with Crippen LogP contribution in [-0.4, -0.2) is 110 Å². The standard InChI is InChI=1S/C36H35Cl2N3O2.C32H34ClFN4O.C31H29ClF3N3O2/c1-26(28-7-3-2-4-8-28)14-17-41-18-15-36(16-19-41,43-25-35(42)40-34-22-32(37)21-33(38)23-34)31-12-10-29(11-13-31)30-9-5-6-27(20-30)24-39;1-31(2,30(39)36-27-12-13-29(34)28(33)19-27)37-32(14-16-38(17-15-32)21-22-6-7-22)26-10-8-24(9-11-26)25-5-3-4-23(18-25)20-35;32-28-11-10-26(17-27(28)31(33,34)35)37-29(39)20-40-30(12-14-38(15-13-30)19-21-4-5-21)25-8-6-23(7-9-25)24-3-1-2-22(16-24)18-36/h2-13,20-23,26H,14-19,25H2,1H3,(H,40,42);3-5,8-13,18-19,22,37H,6-7,14-17,21H2,1-2H3,(H,36,39);1-3,6-11,16-17,21H,4-5,12-15,19-20H2,(H,37,39). The molecule has 10 aromatic carbocycles. The van der Waals surface area contributed by atoms with E-state index in [1.54, 1.807) is 36.4 Å². The summed E-state index contributed by atoms with van der Waals surface area (Å²) in [5.74, 6) is 0.547. The number of hydrogen-bond acceptors (Lipinski definition) is 12. The molecule has 2 aliphatic carbocycles. The predicted octanol–water partition coefficient (Wildman–Crippen LogP) is 22.7. The predicted molar refractivity (Wildman–Crippen MR) is 476 cm³/mol. The molecule has 4 N–H and O–H groups in total. The maximum absolute atomic E-state index is 13.6. The molecule has 23 heteroatoms. The number of piperidine rings is 3. The number of halogens is 8. The fourth-order valence-electron chi connectivity index (χ4n) is 16.5. The van der Waals surface area contributed by atoms with Crippen molar-refractivity contribution in [2.45, 2.75) is 126 Å². The van der Waals surface area contributed by atoms with Crippen molar-refractivity contribution >= 4 is 81.2 Å². The van der Waals surface area contributed by atoms with E-state index in [-0.39, 0.29) is 35.7 Å². The van der Waals surface area contributed by atoms with E-state index in [1.165, 1.54) is 55.5 Å². The third-order valence-corrected chi connectivity index (χ3v) is 25.0. The van der Waals surface area contributed by atoms with Gasteiger partial charge in [-0.2, -0.15) is 29.0 Å². The Morgan fingerprint density at radius 3 is 1.34 bits per heavy atom. The van der Waals surface area contributed by atoms with Crippen LogP contribution in [0.3, 0.4) is 0 Å². The van der Waals surface area contributed by atoms with Crippen LogP contribution in [0.15, 0.2) is 231 Å². The van der Waals surface area contributed by atoms with Gasteiger partial charge >= 0.3 is 6.18 Å². The largest absolute Gasteiger partial charge is 0.417 e. The number of likely N-dealkylation sites (tertiary alicyclic amines) is 3.